The van der Waals surface area contributed by atoms with E-state index in [0.29, 0.717) is 17.7 Å². The summed E-state index contributed by atoms with van der Waals surface area (Å²) < 4.78 is 0.807. The number of nitrogens with two attached hydrogens (primary N) is 1. The van der Waals surface area contributed by atoms with Gasteiger partial charge in [0, 0.05) is 22.8 Å². The first-order valence-electron chi connectivity index (χ1n) is 5.01. The first-order chi connectivity index (χ1) is 7.54. The van der Waals surface area contributed by atoms with Crippen molar-refractivity contribution in [1.29, 1.82) is 0 Å². The minimum absolute atomic E-state index is 0.0510. The lowest BCUT2D eigenvalue weighted by atomic mass is 10.1. The molecule has 16 heavy (non-hydrogen) atoms. The SMILES string of the molecule is CC(CCO)NC(=O)c1cc(Br)ccc1N. The second kappa shape index (κ2) is 5.86. The number of nitrogens with one attached hydrogen (secondary N) is 1. The Morgan fingerprint density at radius 1 is 1.62 bits per heavy atom. The predicted octanol–water partition coefficient (Wildman–Crippen LogP) is 1.53. The molecule has 0 aliphatic heterocycles. The maximum absolute atomic E-state index is 11.8. The predicted molar refractivity (Wildman–Crippen MR) is 67.2 cm³/mol. The van der Waals surface area contributed by atoms with Gasteiger partial charge in [0.15, 0.2) is 0 Å². The van der Waals surface area contributed by atoms with E-state index in [1.165, 1.54) is 0 Å². The van der Waals surface area contributed by atoms with Crippen molar-refractivity contribution in [1.82, 2.24) is 5.32 Å². The molecule has 1 aromatic rings. The Morgan fingerprint density at radius 2 is 2.31 bits per heavy atom. The first kappa shape index (κ1) is 13.0. The van der Waals surface area contributed by atoms with Crippen LogP contribution in [0.25, 0.3) is 0 Å². The van der Waals surface area contributed by atoms with Gasteiger partial charge in [-0.1, -0.05) is 15.9 Å². The van der Waals surface area contributed by atoms with Crippen molar-refractivity contribution in [3.05, 3.63) is 28.2 Å². The molecular formula is C11H15BrN2O2. The number of benzene rings is 1. The van der Waals surface area contributed by atoms with Crippen LogP contribution in [0.4, 0.5) is 5.69 Å². The fourth-order valence-corrected chi connectivity index (χ4v) is 1.65. The third-order valence-electron chi connectivity index (χ3n) is 2.20. The Kier molecular flexibility index (Phi) is 4.76. The van der Waals surface area contributed by atoms with Crippen LogP contribution < -0.4 is 11.1 Å². The maximum atomic E-state index is 11.8. The number of anilines is 1. The Bertz CT molecular complexity index is 382. The van der Waals surface area contributed by atoms with Gasteiger partial charge in [-0.25, -0.2) is 0 Å². The highest BCUT2D eigenvalue weighted by Crippen LogP contribution is 2.18. The fraction of sp³-hybridized carbons (Fsp3) is 0.364. The molecule has 0 saturated heterocycles. The summed E-state index contributed by atoms with van der Waals surface area (Å²) in [5, 5.41) is 11.5. The zero-order valence-corrected chi connectivity index (χ0v) is 10.6. The molecule has 88 valence electrons. The third-order valence-corrected chi connectivity index (χ3v) is 2.69. The van der Waals surface area contributed by atoms with Crippen LogP contribution in [0.3, 0.4) is 0 Å². The quantitative estimate of drug-likeness (QED) is 0.735. The van der Waals surface area contributed by atoms with Crippen LogP contribution in [0.5, 0.6) is 0 Å². The molecule has 0 aliphatic rings. The lowest BCUT2D eigenvalue weighted by molar-refractivity contribution is 0.0935. The molecule has 1 aromatic carbocycles. The minimum Gasteiger partial charge on any atom is -0.398 e. The standard InChI is InChI=1S/C11H15BrN2O2/c1-7(4-5-15)14-11(16)9-6-8(12)2-3-10(9)13/h2-3,6-7,15H,4-5,13H2,1H3,(H,14,16). The lowest BCUT2D eigenvalue weighted by Crippen LogP contribution is -2.33. The molecular weight excluding hydrogens is 272 g/mol. The van der Waals surface area contributed by atoms with E-state index in [4.69, 9.17) is 10.8 Å². The van der Waals surface area contributed by atoms with Gasteiger partial charge in [-0.15, -0.1) is 0 Å². The Labute approximate surface area is 103 Å². The van der Waals surface area contributed by atoms with Crippen molar-refractivity contribution in [3.63, 3.8) is 0 Å². The second-order valence-electron chi connectivity index (χ2n) is 3.62. The van der Waals surface area contributed by atoms with Gasteiger partial charge >= 0.3 is 0 Å². The summed E-state index contributed by atoms with van der Waals surface area (Å²) in [6.45, 7) is 1.89. The van der Waals surface area contributed by atoms with Gasteiger partial charge < -0.3 is 16.2 Å². The summed E-state index contributed by atoms with van der Waals surface area (Å²) in [6.07, 6.45) is 0.527. The van der Waals surface area contributed by atoms with E-state index >= 15 is 0 Å². The molecule has 0 spiro atoms. The van der Waals surface area contributed by atoms with Gasteiger partial charge in [-0.3, -0.25) is 4.79 Å². The van der Waals surface area contributed by atoms with E-state index in [9.17, 15) is 4.79 Å². The van der Waals surface area contributed by atoms with Crippen molar-refractivity contribution < 1.29 is 9.90 Å². The molecule has 1 unspecified atom stereocenters. The highest BCUT2D eigenvalue weighted by Gasteiger charge is 2.12. The number of nitrogen functional groups attached to an aromatic ring is 1. The molecule has 0 radical (unpaired) electrons. The fourth-order valence-electron chi connectivity index (χ4n) is 1.29. The van der Waals surface area contributed by atoms with Gasteiger partial charge in [0.2, 0.25) is 0 Å². The van der Waals surface area contributed by atoms with Crippen molar-refractivity contribution >= 4 is 27.5 Å². The molecule has 0 saturated carbocycles. The number of aliphatic hydroxyl groups is 1. The molecule has 4 N–H and O–H groups in total. The van der Waals surface area contributed by atoms with Gasteiger partial charge in [-0.2, -0.15) is 0 Å². The first-order valence-corrected chi connectivity index (χ1v) is 5.80. The molecule has 1 atom stereocenters. The van der Waals surface area contributed by atoms with Crippen molar-refractivity contribution in [2.24, 2.45) is 0 Å². The third kappa shape index (κ3) is 3.50. The highest BCUT2D eigenvalue weighted by molar-refractivity contribution is 9.10. The Hall–Kier alpha value is -1.07. The zero-order chi connectivity index (χ0) is 12.1. The molecule has 4 nitrogen and oxygen atoms in total. The zero-order valence-electron chi connectivity index (χ0n) is 9.03. The molecule has 0 aliphatic carbocycles. The van der Waals surface area contributed by atoms with Crippen molar-refractivity contribution in [3.8, 4) is 0 Å². The van der Waals surface area contributed by atoms with Crippen LogP contribution in [-0.2, 0) is 0 Å². The number of amides is 1. The number of hydrogen-bond donors (Lipinski definition) is 3. The molecule has 1 amide bonds. The van der Waals surface area contributed by atoms with E-state index in [1.807, 2.05) is 6.92 Å². The smallest absolute Gasteiger partial charge is 0.253 e. The van der Waals surface area contributed by atoms with E-state index < -0.39 is 0 Å². The topological polar surface area (TPSA) is 75.3 Å². The van der Waals surface area contributed by atoms with Gasteiger partial charge in [0.05, 0.1) is 5.56 Å². The average Bonchev–Trinajstić information content (AvgIpc) is 2.21. The molecule has 0 heterocycles. The molecule has 1 rings (SSSR count). The van der Waals surface area contributed by atoms with Crippen LogP contribution in [0.1, 0.15) is 23.7 Å². The molecule has 0 aromatic heterocycles. The van der Waals surface area contributed by atoms with Gasteiger partial charge in [0.1, 0.15) is 0 Å². The number of rotatable bonds is 4. The number of carbonyl (C=O) groups excluding carboxylic acids is 1. The number of carbonyl (C=O) groups is 1. The average molecular weight is 287 g/mol. The summed E-state index contributed by atoms with van der Waals surface area (Å²) in [5.41, 5.74) is 6.59. The minimum atomic E-state index is -0.222. The van der Waals surface area contributed by atoms with Crippen LogP contribution in [0, 0.1) is 0 Å². The maximum Gasteiger partial charge on any atom is 0.253 e. The van der Waals surface area contributed by atoms with E-state index in [-0.39, 0.29) is 18.6 Å². The molecule has 5 heteroatoms. The van der Waals surface area contributed by atoms with Crippen LogP contribution in [0.15, 0.2) is 22.7 Å². The molecule has 0 bridgehead atoms. The van der Waals surface area contributed by atoms with Crippen LogP contribution in [-0.4, -0.2) is 23.7 Å². The Morgan fingerprint density at radius 3 is 2.94 bits per heavy atom. The van der Waals surface area contributed by atoms with Gasteiger partial charge in [0.25, 0.3) is 5.91 Å². The second-order valence-corrected chi connectivity index (χ2v) is 4.53. The van der Waals surface area contributed by atoms with E-state index in [0.717, 1.165) is 4.47 Å². The Balaban J connectivity index is 2.76. The van der Waals surface area contributed by atoms with E-state index in [2.05, 4.69) is 21.2 Å². The lowest BCUT2D eigenvalue weighted by Gasteiger charge is -2.13. The van der Waals surface area contributed by atoms with Crippen molar-refractivity contribution in [2.75, 3.05) is 12.3 Å². The summed E-state index contributed by atoms with van der Waals surface area (Å²) in [4.78, 5) is 11.8. The number of halogens is 1. The summed E-state index contributed by atoms with van der Waals surface area (Å²) >= 11 is 3.29. The van der Waals surface area contributed by atoms with Gasteiger partial charge in [-0.05, 0) is 31.5 Å². The summed E-state index contributed by atoms with van der Waals surface area (Å²) in [6, 6.07) is 5.06. The number of aliphatic hydroxyl groups excluding tert-OH is 1. The summed E-state index contributed by atoms with van der Waals surface area (Å²) in [5.74, 6) is -0.222. The normalized spacial score (nSPS) is 12.2. The summed E-state index contributed by atoms with van der Waals surface area (Å²) in [7, 11) is 0. The van der Waals surface area contributed by atoms with Crippen LogP contribution >= 0.6 is 15.9 Å². The molecule has 0 fully saturated rings. The van der Waals surface area contributed by atoms with Crippen LogP contribution in [0.2, 0.25) is 0 Å². The number of hydrogen-bond acceptors (Lipinski definition) is 3. The highest BCUT2D eigenvalue weighted by atomic mass is 79.9. The van der Waals surface area contributed by atoms with Crippen molar-refractivity contribution in [2.45, 2.75) is 19.4 Å². The monoisotopic (exact) mass is 286 g/mol. The van der Waals surface area contributed by atoms with E-state index in [1.54, 1.807) is 18.2 Å². The largest absolute Gasteiger partial charge is 0.398 e.